The van der Waals surface area contributed by atoms with Crippen molar-refractivity contribution in [2.24, 2.45) is 11.3 Å². The summed E-state index contributed by atoms with van der Waals surface area (Å²) >= 11 is 0. The fourth-order valence-electron chi connectivity index (χ4n) is 2.98. The Bertz CT molecular complexity index is 187. The normalized spacial score (nSPS) is 27.6. The second kappa shape index (κ2) is 5.31. The Morgan fingerprint density at radius 2 is 1.93 bits per heavy atom. The summed E-state index contributed by atoms with van der Waals surface area (Å²) in [4.78, 5) is 1.56. The minimum Gasteiger partial charge on any atom is -0.343 e. The van der Waals surface area contributed by atoms with Crippen LogP contribution in [0.1, 0.15) is 40.0 Å². The molecule has 0 heterocycles. The summed E-state index contributed by atoms with van der Waals surface area (Å²) in [5, 5.41) is 2.60. The van der Waals surface area contributed by atoms with Gasteiger partial charge in [-0.1, -0.05) is 6.92 Å². The zero-order chi connectivity index (χ0) is 11.5. The van der Waals surface area contributed by atoms with Crippen molar-refractivity contribution in [1.29, 1.82) is 0 Å². The molecule has 0 aromatic carbocycles. The molecule has 1 aliphatic carbocycles. The van der Waals surface area contributed by atoms with Crippen molar-refractivity contribution in [2.45, 2.75) is 46.1 Å². The van der Waals surface area contributed by atoms with E-state index in [1.165, 1.54) is 32.4 Å². The molecule has 0 radical (unpaired) electrons. The third-order valence-corrected chi connectivity index (χ3v) is 3.57. The molecule has 1 rings (SSSR count). The number of hydrogen-bond donors (Lipinski definition) is 2. The highest BCUT2D eigenvalue weighted by Crippen LogP contribution is 2.22. The molecule has 1 fully saturated rings. The van der Waals surface area contributed by atoms with Crippen molar-refractivity contribution >= 4 is 0 Å². The Morgan fingerprint density at radius 3 is 2.40 bits per heavy atom. The van der Waals surface area contributed by atoms with Crippen LogP contribution in [0, 0.1) is 11.3 Å². The van der Waals surface area contributed by atoms with E-state index in [-0.39, 0.29) is 0 Å². The third-order valence-electron chi connectivity index (χ3n) is 3.57. The number of nitrogens with two attached hydrogens (primary N) is 1. The van der Waals surface area contributed by atoms with Gasteiger partial charge in [-0.05, 0) is 32.6 Å². The van der Waals surface area contributed by atoms with Crippen molar-refractivity contribution in [3.63, 3.8) is 0 Å². The van der Waals surface area contributed by atoms with Crippen molar-refractivity contribution in [2.75, 3.05) is 27.2 Å². The summed E-state index contributed by atoms with van der Waals surface area (Å²) in [6.45, 7) is 9.74. The predicted molar refractivity (Wildman–Crippen MR) is 65.1 cm³/mol. The molecular formula is C13H30N2+2. The number of quaternary nitrogens is 2. The molecule has 2 heteroatoms. The second-order valence-corrected chi connectivity index (χ2v) is 6.67. The summed E-state index contributed by atoms with van der Waals surface area (Å²) < 4.78 is 0. The Balaban J connectivity index is 2.23. The molecule has 1 saturated carbocycles. The van der Waals surface area contributed by atoms with E-state index in [0.717, 1.165) is 12.0 Å². The van der Waals surface area contributed by atoms with Gasteiger partial charge in [0.25, 0.3) is 0 Å². The van der Waals surface area contributed by atoms with Gasteiger partial charge in [0.1, 0.15) is 0 Å². The van der Waals surface area contributed by atoms with E-state index in [9.17, 15) is 0 Å². The molecule has 2 nitrogen and oxygen atoms in total. The highest BCUT2D eigenvalue weighted by atomic mass is 15.1. The Labute approximate surface area is 95.4 Å². The van der Waals surface area contributed by atoms with Gasteiger partial charge in [0.15, 0.2) is 0 Å². The van der Waals surface area contributed by atoms with E-state index in [1.807, 2.05) is 0 Å². The fraction of sp³-hybridized carbons (Fsp3) is 1.00. The molecule has 0 saturated heterocycles. The minimum absolute atomic E-state index is 0.477. The summed E-state index contributed by atoms with van der Waals surface area (Å²) in [6, 6.07) is 0.913. The number of rotatable bonds is 5. The predicted octanol–water partition coefficient (Wildman–Crippen LogP) is -0.0909. The van der Waals surface area contributed by atoms with E-state index >= 15 is 0 Å². The van der Waals surface area contributed by atoms with Crippen LogP contribution >= 0.6 is 0 Å². The maximum atomic E-state index is 2.60. The Hall–Kier alpha value is -0.0800. The Morgan fingerprint density at radius 1 is 1.27 bits per heavy atom. The molecule has 0 unspecified atom stereocenters. The minimum atomic E-state index is 0.477. The van der Waals surface area contributed by atoms with Gasteiger partial charge in [0, 0.05) is 6.42 Å². The average Bonchev–Trinajstić information content (AvgIpc) is 2.46. The van der Waals surface area contributed by atoms with Crippen LogP contribution < -0.4 is 10.2 Å². The highest BCUT2D eigenvalue weighted by molar-refractivity contribution is 4.71. The van der Waals surface area contributed by atoms with E-state index in [1.54, 1.807) is 4.90 Å². The molecule has 0 bridgehead atoms. The summed E-state index contributed by atoms with van der Waals surface area (Å²) in [5.41, 5.74) is 0.477. The molecule has 0 aromatic heterocycles. The number of nitrogens with one attached hydrogen (secondary N) is 1. The molecule has 0 spiro atoms. The van der Waals surface area contributed by atoms with Gasteiger partial charge in [-0.25, -0.2) is 0 Å². The van der Waals surface area contributed by atoms with Crippen LogP contribution in [0.15, 0.2) is 0 Å². The van der Waals surface area contributed by atoms with Crippen molar-refractivity contribution in [3.8, 4) is 0 Å². The van der Waals surface area contributed by atoms with Gasteiger partial charge >= 0.3 is 0 Å². The fourth-order valence-corrected chi connectivity index (χ4v) is 2.98. The lowest BCUT2D eigenvalue weighted by atomic mass is 9.92. The van der Waals surface area contributed by atoms with Crippen molar-refractivity contribution in [3.05, 3.63) is 0 Å². The van der Waals surface area contributed by atoms with Crippen LogP contribution in [0.5, 0.6) is 0 Å². The lowest BCUT2D eigenvalue weighted by molar-refractivity contribution is -0.869. The first-order valence-corrected chi connectivity index (χ1v) is 6.51. The smallest absolute Gasteiger partial charge is 0.0873 e. The van der Waals surface area contributed by atoms with Crippen LogP contribution in [-0.2, 0) is 0 Å². The molecule has 2 atom stereocenters. The first-order valence-electron chi connectivity index (χ1n) is 6.51. The molecule has 0 aliphatic heterocycles. The molecule has 3 N–H and O–H groups in total. The molecule has 1 aliphatic rings. The third kappa shape index (κ3) is 4.98. The molecular weight excluding hydrogens is 184 g/mol. The standard InChI is InChI=1S/C13H28N2/c1-11-6-7-12(8-11)14-9-13(2,3)10-15(4)5/h11-12,14H,6-10H2,1-5H3/p+2/t11-,12-/m1/s1. The van der Waals surface area contributed by atoms with Crippen LogP contribution in [0.2, 0.25) is 0 Å². The number of hydrogen-bond acceptors (Lipinski definition) is 0. The van der Waals surface area contributed by atoms with Crippen molar-refractivity contribution < 1.29 is 10.2 Å². The zero-order valence-corrected chi connectivity index (χ0v) is 11.3. The van der Waals surface area contributed by atoms with Gasteiger partial charge in [-0.2, -0.15) is 0 Å². The average molecular weight is 214 g/mol. The van der Waals surface area contributed by atoms with Gasteiger partial charge in [-0.3, -0.25) is 0 Å². The topological polar surface area (TPSA) is 21.1 Å². The van der Waals surface area contributed by atoms with E-state index in [2.05, 4.69) is 40.2 Å². The van der Waals surface area contributed by atoms with Gasteiger partial charge < -0.3 is 10.2 Å². The highest BCUT2D eigenvalue weighted by Gasteiger charge is 2.29. The zero-order valence-electron chi connectivity index (χ0n) is 11.3. The lowest BCUT2D eigenvalue weighted by Gasteiger charge is -2.25. The van der Waals surface area contributed by atoms with Gasteiger partial charge in [0.2, 0.25) is 0 Å². The summed E-state index contributed by atoms with van der Waals surface area (Å²) in [7, 11) is 4.50. The first-order chi connectivity index (χ1) is 6.89. The van der Waals surface area contributed by atoms with E-state index in [0.29, 0.717) is 5.41 Å². The van der Waals surface area contributed by atoms with Gasteiger partial charge in [-0.15, -0.1) is 0 Å². The quantitative estimate of drug-likeness (QED) is 0.638. The van der Waals surface area contributed by atoms with E-state index < -0.39 is 0 Å². The second-order valence-electron chi connectivity index (χ2n) is 6.67. The summed E-state index contributed by atoms with van der Waals surface area (Å²) in [5.74, 6) is 0.967. The molecule has 0 amide bonds. The molecule has 90 valence electrons. The summed E-state index contributed by atoms with van der Waals surface area (Å²) in [6.07, 6.45) is 4.32. The van der Waals surface area contributed by atoms with Crippen LogP contribution in [0.3, 0.4) is 0 Å². The SMILES string of the molecule is C[C@@H]1CC[C@@H]([NH2+]CC(C)(C)C[NH+](C)C)C1. The molecule has 0 aromatic rings. The van der Waals surface area contributed by atoms with Gasteiger partial charge in [0.05, 0.1) is 38.6 Å². The van der Waals surface area contributed by atoms with Crippen LogP contribution in [0.4, 0.5) is 0 Å². The lowest BCUT2D eigenvalue weighted by Crippen LogP contribution is -3.08. The van der Waals surface area contributed by atoms with E-state index in [4.69, 9.17) is 0 Å². The largest absolute Gasteiger partial charge is 0.343 e. The van der Waals surface area contributed by atoms with Crippen molar-refractivity contribution in [1.82, 2.24) is 0 Å². The first kappa shape index (κ1) is 13.0. The maximum Gasteiger partial charge on any atom is 0.0873 e. The molecule has 15 heavy (non-hydrogen) atoms. The van der Waals surface area contributed by atoms with Crippen LogP contribution in [-0.4, -0.2) is 33.2 Å². The van der Waals surface area contributed by atoms with Crippen LogP contribution in [0.25, 0.3) is 0 Å². The monoisotopic (exact) mass is 214 g/mol. The maximum absolute atomic E-state index is 2.60. The Kier molecular flexibility index (Phi) is 4.60.